The van der Waals surface area contributed by atoms with Gasteiger partial charge < -0.3 is 25.1 Å². The third-order valence-corrected chi connectivity index (χ3v) is 5.01. The highest BCUT2D eigenvalue weighted by Crippen LogP contribution is 2.10. The second-order valence-corrected chi connectivity index (χ2v) is 8.73. The van der Waals surface area contributed by atoms with Gasteiger partial charge in [-0.25, -0.2) is 0 Å². The number of hydrogen-bond donors (Lipinski definition) is 2. The number of carboxylic acids is 1. The van der Waals surface area contributed by atoms with Crippen molar-refractivity contribution in [2.75, 3.05) is 19.8 Å². The van der Waals surface area contributed by atoms with Crippen molar-refractivity contribution in [3.05, 3.63) is 0 Å². The third-order valence-electron chi connectivity index (χ3n) is 5.01. The van der Waals surface area contributed by atoms with Crippen molar-refractivity contribution in [2.45, 2.75) is 124 Å². The molecule has 0 aliphatic rings. The molecular weight excluding hydrogens is 394 g/mol. The third kappa shape index (κ3) is 27.0. The second-order valence-electron chi connectivity index (χ2n) is 8.73. The Morgan fingerprint density at radius 2 is 1.39 bits per heavy atom. The second kappa shape index (κ2) is 23.7. The average molecular weight is 446 g/mol. The number of unbranched alkanes of at least 4 members (excludes halogenated alkanes) is 9. The van der Waals surface area contributed by atoms with E-state index in [1.54, 1.807) is 6.92 Å². The first-order valence-electron chi connectivity index (χ1n) is 12.4. The highest BCUT2D eigenvalue weighted by atomic mass is 16.5. The number of rotatable bonds is 20. The summed E-state index contributed by atoms with van der Waals surface area (Å²) in [6.07, 6.45) is 14.5. The van der Waals surface area contributed by atoms with Crippen LogP contribution in [0.15, 0.2) is 0 Å². The lowest BCUT2D eigenvalue weighted by Crippen LogP contribution is -2.27. The molecule has 0 rings (SSSR count). The molecule has 3 atom stereocenters. The maximum atomic E-state index is 10.5. The van der Waals surface area contributed by atoms with Gasteiger partial charge in [0, 0.05) is 19.1 Å². The quantitative estimate of drug-likeness (QED) is 0.231. The molecule has 0 radical (unpaired) electrons. The van der Waals surface area contributed by atoms with E-state index in [0.29, 0.717) is 19.6 Å². The summed E-state index contributed by atoms with van der Waals surface area (Å²) in [5.41, 5.74) is 5.64. The number of hydrogen-bond acceptors (Lipinski definition) is 5. The first kappa shape index (κ1) is 32.2. The molecule has 0 heterocycles. The zero-order valence-corrected chi connectivity index (χ0v) is 21.0. The fraction of sp³-hybridized carbons (Fsp3) is 0.920. The molecular formula is C25H51NO5. The zero-order chi connectivity index (χ0) is 23.9. The molecule has 0 aromatic carbocycles. The number of carbonyl (C=O) groups is 2. The smallest absolute Gasteiger partial charge is 0.306 e. The summed E-state index contributed by atoms with van der Waals surface area (Å²) in [4.78, 5) is 20.8. The van der Waals surface area contributed by atoms with Crippen LogP contribution in [0.1, 0.15) is 112 Å². The SMILES string of the molecule is CCC(CC(C)=O)C(=O)O.CCCCCCCCCCCCOCC(C)OCC(C)N. The van der Waals surface area contributed by atoms with Crippen molar-refractivity contribution in [3.63, 3.8) is 0 Å². The van der Waals surface area contributed by atoms with E-state index in [9.17, 15) is 9.59 Å². The Bertz CT molecular complexity index is 415. The van der Waals surface area contributed by atoms with E-state index >= 15 is 0 Å². The number of ketones is 1. The average Bonchev–Trinajstić information content (AvgIpc) is 2.71. The van der Waals surface area contributed by atoms with Gasteiger partial charge in [0.15, 0.2) is 0 Å². The molecule has 0 aromatic heterocycles. The fourth-order valence-electron chi connectivity index (χ4n) is 3.06. The summed E-state index contributed by atoms with van der Waals surface area (Å²) in [6.45, 7) is 11.6. The topological polar surface area (TPSA) is 98.9 Å². The van der Waals surface area contributed by atoms with Gasteiger partial charge in [-0.15, -0.1) is 0 Å². The first-order valence-corrected chi connectivity index (χ1v) is 12.4. The molecule has 6 nitrogen and oxygen atoms in total. The van der Waals surface area contributed by atoms with Gasteiger partial charge in [-0.05, 0) is 33.6 Å². The van der Waals surface area contributed by atoms with Gasteiger partial charge in [0.1, 0.15) is 5.78 Å². The van der Waals surface area contributed by atoms with Crippen LogP contribution in [-0.4, -0.2) is 48.8 Å². The van der Waals surface area contributed by atoms with Gasteiger partial charge in [0.05, 0.1) is 25.2 Å². The van der Waals surface area contributed by atoms with Gasteiger partial charge in [-0.2, -0.15) is 0 Å². The largest absolute Gasteiger partial charge is 0.481 e. The van der Waals surface area contributed by atoms with Gasteiger partial charge in [-0.3, -0.25) is 4.79 Å². The molecule has 0 aliphatic carbocycles. The van der Waals surface area contributed by atoms with Gasteiger partial charge in [0.25, 0.3) is 0 Å². The number of ether oxygens (including phenoxy) is 2. The van der Waals surface area contributed by atoms with Crippen LogP contribution in [0, 0.1) is 5.92 Å². The summed E-state index contributed by atoms with van der Waals surface area (Å²) >= 11 is 0. The Balaban J connectivity index is 0. The van der Waals surface area contributed by atoms with E-state index in [4.69, 9.17) is 20.3 Å². The number of carbonyl (C=O) groups excluding carboxylic acids is 1. The van der Waals surface area contributed by atoms with Crippen molar-refractivity contribution in [1.82, 2.24) is 0 Å². The van der Waals surface area contributed by atoms with Crippen molar-refractivity contribution in [3.8, 4) is 0 Å². The lowest BCUT2D eigenvalue weighted by atomic mass is 10.0. The maximum absolute atomic E-state index is 10.5. The van der Waals surface area contributed by atoms with Crippen molar-refractivity contribution in [2.24, 2.45) is 11.7 Å². The molecule has 0 aliphatic heterocycles. The highest BCUT2D eigenvalue weighted by molar-refractivity contribution is 5.81. The molecule has 0 amide bonds. The summed E-state index contributed by atoms with van der Waals surface area (Å²) in [5.74, 6) is -1.43. The predicted molar refractivity (Wildman–Crippen MR) is 128 cm³/mol. The predicted octanol–water partition coefficient (Wildman–Crippen LogP) is 5.75. The van der Waals surface area contributed by atoms with E-state index in [2.05, 4.69) is 6.92 Å². The van der Waals surface area contributed by atoms with Crippen molar-refractivity contribution in [1.29, 1.82) is 0 Å². The Hall–Kier alpha value is -0.980. The summed E-state index contributed by atoms with van der Waals surface area (Å²) in [7, 11) is 0. The molecule has 0 saturated heterocycles. The zero-order valence-electron chi connectivity index (χ0n) is 21.0. The minimum atomic E-state index is -0.877. The van der Waals surface area contributed by atoms with Crippen LogP contribution in [0.4, 0.5) is 0 Å². The molecule has 3 unspecified atom stereocenters. The Morgan fingerprint density at radius 1 is 0.871 bits per heavy atom. The molecule has 0 fully saturated rings. The Labute approximate surface area is 191 Å². The van der Waals surface area contributed by atoms with Crippen LogP contribution in [0.2, 0.25) is 0 Å². The van der Waals surface area contributed by atoms with Crippen molar-refractivity contribution >= 4 is 11.8 Å². The monoisotopic (exact) mass is 445 g/mol. The standard InChI is InChI=1S/C18H39NO2.C7H12O3/c1-4-5-6-7-8-9-10-11-12-13-14-20-16-18(3)21-15-17(2)19;1-3-6(7(9)10)4-5(2)8/h17-18H,4-16,19H2,1-3H3;6H,3-4H2,1-2H3,(H,9,10). The van der Waals surface area contributed by atoms with Gasteiger partial charge in [0.2, 0.25) is 0 Å². The minimum absolute atomic E-state index is 0.0609. The Kier molecular flexibility index (Phi) is 24.6. The minimum Gasteiger partial charge on any atom is -0.481 e. The lowest BCUT2D eigenvalue weighted by Gasteiger charge is -2.14. The van der Waals surface area contributed by atoms with E-state index < -0.39 is 11.9 Å². The highest BCUT2D eigenvalue weighted by Gasteiger charge is 2.16. The van der Waals surface area contributed by atoms with Crippen LogP contribution in [0.5, 0.6) is 0 Å². The Morgan fingerprint density at radius 3 is 1.77 bits per heavy atom. The van der Waals surface area contributed by atoms with E-state index in [-0.39, 0.29) is 24.3 Å². The maximum Gasteiger partial charge on any atom is 0.306 e. The fourth-order valence-corrected chi connectivity index (χ4v) is 3.06. The van der Waals surface area contributed by atoms with Crippen LogP contribution < -0.4 is 5.73 Å². The number of nitrogens with two attached hydrogens (primary N) is 1. The number of aliphatic carboxylic acids is 1. The summed E-state index contributed by atoms with van der Waals surface area (Å²) < 4.78 is 11.2. The van der Waals surface area contributed by atoms with E-state index in [0.717, 1.165) is 6.61 Å². The molecule has 31 heavy (non-hydrogen) atoms. The molecule has 0 saturated carbocycles. The number of Topliss-reactive ketones (excluding diaryl/α,β-unsaturated/α-hetero) is 1. The molecule has 3 N–H and O–H groups in total. The molecule has 6 heteroatoms. The molecule has 186 valence electrons. The lowest BCUT2D eigenvalue weighted by molar-refractivity contribution is -0.143. The molecule has 0 bridgehead atoms. The van der Waals surface area contributed by atoms with Gasteiger partial charge in [-0.1, -0.05) is 71.6 Å². The first-order chi connectivity index (χ1) is 14.7. The number of carboxylic acid groups (broad SMARTS) is 1. The van der Waals surface area contributed by atoms with Gasteiger partial charge >= 0.3 is 5.97 Å². The van der Waals surface area contributed by atoms with Crippen LogP contribution in [-0.2, 0) is 19.1 Å². The van der Waals surface area contributed by atoms with Crippen LogP contribution in [0.3, 0.4) is 0 Å². The molecule has 0 spiro atoms. The normalized spacial score (nSPS) is 13.7. The van der Waals surface area contributed by atoms with Crippen LogP contribution >= 0.6 is 0 Å². The van der Waals surface area contributed by atoms with E-state index in [1.165, 1.54) is 71.1 Å². The van der Waals surface area contributed by atoms with E-state index in [1.807, 2.05) is 13.8 Å². The van der Waals surface area contributed by atoms with Crippen LogP contribution in [0.25, 0.3) is 0 Å². The van der Waals surface area contributed by atoms with Crippen molar-refractivity contribution < 1.29 is 24.2 Å². The summed E-state index contributed by atoms with van der Waals surface area (Å²) in [6, 6.07) is 0.106. The summed E-state index contributed by atoms with van der Waals surface area (Å²) in [5, 5.41) is 8.47. The molecule has 0 aromatic rings.